The Bertz CT molecular complexity index is 477. The van der Waals surface area contributed by atoms with Gasteiger partial charge in [-0.1, -0.05) is 0 Å². The van der Waals surface area contributed by atoms with Crippen molar-refractivity contribution in [2.45, 2.75) is 32.0 Å². The average molecular weight is 304 g/mol. The van der Waals surface area contributed by atoms with Crippen molar-refractivity contribution in [2.24, 2.45) is 0 Å². The van der Waals surface area contributed by atoms with Gasteiger partial charge < -0.3 is 15.0 Å². The number of aromatic nitrogens is 2. The highest BCUT2D eigenvalue weighted by atomic mass is 19.4. The molecule has 2 rings (SSSR count). The summed E-state index contributed by atoms with van der Waals surface area (Å²) in [6.45, 7) is 3.15. The zero-order chi connectivity index (χ0) is 15.5. The first-order valence-corrected chi connectivity index (χ1v) is 6.93. The van der Waals surface area contributed by atoms with E-state index < -0.39 is 11.9 Å². The Kier molecular flexibility index (Phi) is 4.87. The average Bonchev–Trinajstić information content (AvgIpc) is 3.22. The van der Waals surface area contributed by atoms with E-state index in [9.17, 15) is 13.2 Å². The fourth-order valence-corrected chi connectivity index (χ4v) is 1.87. The Labute approximate surface area is 121 Å². The van der Waals surface area contributed by atoms with E-state index in [-0.39, 0.29) is 11.8 Å². The molecule has 0 spiro atoms. The number of hydrogen-bond acceptors (Lipinski definition) is 5. The molecular weight excluding hydrogens is 285 g/mol. The molecule has 1 saturated carbocycles. The Morgan fingerprint density at radius 3 is 2.67 bits per heavy atom. The molecule has 1 aliphatic rings. The number of likely N-dealkylation sites (N-methyl/N-ethyl adjacent to an activating group) is 1. The minimum Gasteiger partial charge on any atom is -0.476 e. The highest BCUT2D eigenvalue weighted by Gasteiger charge is 2.34. The first kappa shape index (κ1) is 15.8. The summed E-state index contributed by atoms with van der Waals surface area (Å²) in [6, 6.07) is 1.42. The lowest BCUT2D eigenvalue weighted by Gasteiger charge is -2.16. The van der Waals surface area contributed by atoms with Gasteiger partial charge in [-0.2, -0.15) is 18.2 Å². The number of halogens is 3. The van der Waals surface area contributed by atoms with E-state index in [4.69, 9.17) is 4.74 Å². The van der Waals surface area contributed by atoms with Gasteiger partial charge in [-0.25, -0.2) is 4.98 Å². The summed E-state index contributed by atoms with van der Waals surface area (Å²) in [5.41, 5.74) is -1.00. The molecule has 0 amide bonds. The van der Waals surface area contributed by atoms with Crippen LogP contribution in [0.1, 0.15) is 25.5 Å². The molecule has 1 heterocycles. The normalized spacial score (nSPS) is 15.3. The molecular formula is C13H19F3N4O. The molecule has 0 atom stereocenters. The van der Waals surface area contributed by atoms with Crippen molar-refractivity contribution < 1.29 is 17.9 Å². The molecule has 5 nitrogen and oxygen atoms in total. The van der Waals surface area contributed by atoms with E-state index >= 15 is 0 Å². The Morgan fingerprint density at radius 1 is 1.38 bits per heavy atom. The van der Waals surface area contributed by atoms with Crippen LogP contribution < -0.4 is 10.1 Å². The van der Waals surface area contributed by atoms with Crippen LogP contribution in [0.25, 0.3) is 0 Å². The van der Waals surface area contributed by atoms with E-state index in [0.717, 1.165) is 6.07 Å². The molecule has 118 valence electrons. The maximum Gasteiger partial charge on any atom is 0.433 e. The Hall–Kier alpha value is -1.57. The smallest absolute Gasteiger partial charge is 0.433 e. The largest absolute Gasteiger partial charge is 0.476 e. The highest BCUT2D eigenvalue weighted by Crippen LogP contribution is 2.30. The molecule has 21 heavy (non-hydrogen) atoms. The van der Waals surface area contributed by atoms with E-state index in [1.165, 1.54) is 12.8 Å². The quantitative estimate of drug-likeness (QED) is 0.838. The van der Waals surface area contributed by atoms with Crippen molar-refractivity contribution in [2.75, 3.05) is 32.1 Å². The van der Waals surface area contributed by atoms with Gasteiger partial charge in [0.15, 0.2) is 5.69 Å². The van der Waals surface area contributed by atoms with Crippen molar-refractivity contribution in [1.82, 2.24) is 14.9 Å². The summed E-state index contributed by atoms with van der Waals surface area (Å²) in [5.74, 6) is -0.129. The summed E-state index contributed by atoms with van der Waals surface area (Å²) in [7, 11) is 1.98. The standard InChI is InChI=1S/C13H19F3N4O/c1-3-17-12-18-10(13(14,15)16)8-11(19-12)21-7-6-20(2)9-4-5-9/h8-9H,3-7H2,1-2H3,(H,17,18,19). The topological polar surface area (TPSA) is 50.3 Å². The summed E-state index contributed by atoms with van der Waals surface area (Å²) in [6.07, 6.45) is -2.17. The maximum absolute atomic E-state index is 12.8. The first-order chi connectivity index (χ1) is 9.90. The van der Waals surface area contributed by atoms with Gasteiger partial charge in [-0.3, -0.25) is 0 Å². The summed E-state index contributed by atoms with van der Waals surface area (Å²) >= 11 is 0. The molecule has 1 N–H and O–H groups in total. The Morgan fingerprint density at radius 2 is 2.10 bits per heavy atom. The minimum atomic E-state index is -4.52. The Balaban J connectivity index is 2.00. The molecule has 1 aromatic heterocycles. The van der Waals surface area contributed by atoms with Crippen LogP contribution >= 0.6 is 0 Å². The molecule has 0 unspecified atom stereocenters. The van der Waals surface area contributed by atoms with Crippen LogP contribution in [0.5, 0.6) is 5.88 Å². The van der Waals surface area contributed by atoms with Gasteiger partial charge in [-0.05, 0) is 26.8 Å². The van der Waals surface area contributed by atoms with E-state index in [0.29, 0.717) is 25.7 Å². The van der Waals surface area contributed by atoms with Crippen LogP contribution in [0.4, 0.5) is 19.1 Å². The SMILES string of the molecule is CCNc1nc(OCCN(C)C2CC2)cc(C(F)(F)F)n1. The first-order valence-electron chi connectivity index (χ1n) is 6.93. The second kappa shape index (κ2) is 6.46. The highest BCUT2D eigenvalue weighted by molar-refractivity contribution is 5.31. The summed E-state index contributed by atoms with van der Waals surface area (Å²) in [5, 5.41) is 2.68. The summed E-state index contributed by atoms with van der Waals surface area (Å²) in [4.78, 5) is 9.51. The number of anilines is 1. The molecule has 8 heteroatoms. The molecule has 1 aliphatic carbocycles. The molecule has 1 aromatic rings. The molecule has 0 bridgehead atoms. The molecule has 0 saturated heterocycles. The minimum absolute atomic E-state index is 0.0579. The second-order valence-corrected chi connectivity index (χ2v) is 5.00. The number of rotatable bonds is 7. The lowest BCUT2D eigenvalue weighted by Crippen LogP contribution is -2.26. The van der Waals surface area contributed by atoms with Crippen molar-refractivity contribution in [3.8, 4) is 5.88 Å². The van der Waals surface area contributed by atoms with Crippen LogP contribution in [-0.2, 0) is 6.18 Å². The number of nitrogens with zero attached hydrogens (tertiary/aromatic N) is 3. The van der Waals surface area contributed by atoms with E-state index in [1.54, 1.807) is 6.92 Å². The molecule has 1 fully saturated rings. The number of alkyl halides is 3. The van der Waals surface area contributed by atoms with Gasteiger partial charge in [0.25, 0.3) is 0 Å². The molecule has 0 radical (unpaired) electrons. The zero-order valence-electron chi connectivity index (χ0n) is 12.1. The van der Waals surface area contributed by atoms with Gasteiger partial charge in [-0.15, -0.1) is 0 Å². The van der Waals surface area contributed by atoms with Gasteiger partial charge in [0.05, 0.1) is 0 Å². The van der Waals surface area contributed by atoms with Crippen LogP contribution in [0.2, 0.25) is 0 Å². The third-order valence-corrected chi connectivity index (χ3v) is 3.19. The number of nitrogens with one attached hydrogen (secondary N) is 1. The van der Waals surface area contributed by atoms with Crippen LogP contribution in [0.15, 0.2) is 6.07 Å². The van der Waals surface area contributed by atoms with Crippen molar-refractivity contribution in [3.63, 3.8) is 0 Å². The van der Waals surface area contributed by atoms with Gasteiger partial charge in [0.2, 0.25) is 11.8 Å². The predicted molar refractivity (Wildman–Crippen MR) is 72.3 cm³/mol. The lowest BCUT2D eigenvalue weighted by atomic mass is 10.4. The zero-order valence-corrected chi connectivity index (χ0v) is 12.1. The lowest BCUT2D eigenvalue weighted by molar-refractivity contribution is -0.141. The summed E-state index contributed by atoms with van der Waals surface area (Å²) < 4.78 is 43.7. The molecule has 0 aromatic carbocycles. The fraction of sp³-hybridized carbons (Fsp3) is 0.692. The fourth-order valence-electron chi connectivity index (χ4n) is 1.87. The van der Waals surface area contributed by atoms with Crippen LogP contribution in [0, 0.1) is 0 Å². The predicted octanol–water partition coefficient (Wildman–Crippen LogP) is 2.40. The monoisotopic (exact) mass is 304 g/mol. The van der Waals surface area contributed by atoms with Crippen LogP contribution in [-0.4, -0.2) is 47.7 Å². The molecule has 0 aliphatic heterocycles. The van der Waals surface area contributed by atoms with Gasteiger partial charge in [0.1, 0.15) is 6.61 Å². The third-order valence-electron chi connectivity index (χ3n) is 3.19. The van der Waals surface area contributed by atoms with Gasteiger partial charge in [0, 0.05) is 25.2 Å². The maximum atomic E-state index is 12.8. The number of hydrogen-bond donors (Lipinski definition) is 1. The van der Waals surface area contributed by atoms with E-state index in [2.05, 4.69) is 20.2 Å². The second-order valence-electron chi connectivity index (χ2n) is 5.00. The van der Waals surface area contributed by atoms with E-state index in [1.807, 2.05) is 7.05 Å². The van der Waals surface area contributed by atoms with Crippen molar-refractivity contribution in [3.05, 3.63) is 11.8 Å². The van der Waals surface area contributed by atoms with Gasteiger partial charge >= 0.3 is 6.18 Å². The van der Waals surface area contributed by atoms with Crippen molar-refractivity contribution in [1.29, 1.82) is 0 Å². The third kappa shape index (κ3) is 4.73. The van der Waals surface area contributed by atoms with Crippen molar-refractivity contribution >= 4 is 5.95 Å². The van der Waals surface area contributed by atoms with Crippen LogP contribution in [0.3, 0.4) is 0 Å². The number of ether oxygens (including phenoxy) is 1.